The molecule has 0 aliphatic heterocycles. The predicted molar refractivity (Wildman–Crippen MR) is 73.4 cm³/mol. The number of nitrogens with zero attached hydrogens (tertiary/aromatic N) is 2. The molecule has 98 valence electrons. The van der Waals surface area contributed by atoms with Crippen LogP contribution >= 0.6 is 0 Å². The summed E-state index contributed by atoms with van der Waals surface area (Å²) in [7, 11) is 0. The molecular formula is C15H10FN3O. The quantitative estimate of drug-likeness (QED) is 0.775. The molecule has 1 aromatic heterocycles. The first-order chi connectivity index (χ1) is 9.65. The summed E-state index contributed by atoms with van der Waals surface area (Å²) < 4.78 is 13.0. The van der Waals surface area contributed by atoms with Crippen molar-refractivity contribution in [3.8, 4) is 11.3 Å². The van der Waals surface area contributed by atoms with Gasteiger partial charge in [-0.25, -0.2) is 14.4 Å². The molecule has 1 amide bonds. The molecule has 0 aliphatic rings. The molecular weight excluding hydrogens is 257 g/mol. The smallest absolute Gasteiger partial charge is 0.269 e. The highest BCUT2D eigenvalue weighted by Gasteiger charge is 2.15. The molecule has 0 bridgehead atoms. The summed E-state index contributed by atoms with van der Waals surface area (Å²) in [5.74, 6) is -1.02. The van der Waals surface area contributed by atoms with E-state index in [1.54, 1.807) is 30.3 Å². The van der Waals surface area contributed by atoms with Gasteiger partial charge in [-0.15, -0.1) is 0 Å². The van der Waals surface area contributed by atoms with Gasteiger partial charge in [-0.05, 0) is 36.4 Å². The molecule has 0 saturated heterocycles. The van der Waals surface area contributed by atoms with Crippen LogP contribution in [0, 0.1) is 5.82 Å². The van der Waals surface area contributed by atoms with Gasteiger partial charge in [-0.3, -0.25) is 4.79 Å². The first-order valence-corrected chi connectivity index (χ1v) is 5.97. The Morgan fingerprint density at radius 3 is 2.15 bits per heavy atom. The van der Waals surface area contributed by atoms with Crippen molar-refractivity contribution in [1.82, 2.24) is 9.97 Å². The van der Waals surface area contributed by atoms with Crippen molar-refractivity contribution in [2.45, 2.75) is 0 Å². The van der Waals surface area contributed by atoms with Crippen LogP contribution in [-0.4, -0.2) is 15.9 Å². The minimum Gasteiger partial charge on any atom is -0.364 e. The zero-order valence-corrected chi connectivity index (χ0v) is 10.4. The van der Waals surface area contributed by atoms with Crippen molar-refractivity contribution in [3.05, 3.63) is 60.0 Å². The third-order valence-corrected chi connectivity index (χ3v) is 2.92. The Bertz CT molecular complexity index is 800. The number of hydrogen-bond acceptors (Lipinski definition) is 3. The Balaban J connectivity index is 2.29. The number of halogens is 1. The lowest BCUT2D eigenvalue weighted by Crippen LogP contribution is -2.15. The lowest BCUT2D eigenvalue weighted by molar-refractivity contribution is 0.0996. The van der Waals surface area contributed by atoms with Gasteiger partial charge in [0.25, 0.3) is 5.91 Å². The Hall–Kier alpha value is -2.82. The van der Waals surface area contributed by atoms with Gasteiger partial charge in [-0.2, -0.15) is 0 Å². The highest BCUT2D eigenvalue weighted by molar-refractivity contribution is 5.99. The third kappa shape index (κ3) is 2.09. The number of nitrogens with two attached hydrogens (primary N) is 1. The molecule has 0 atom stereocenters. The summed E-state index contributed by atoms with van der Waals surface area (Å²) in [6.07, 6.45) is 0. The normalized spacial score (nSPS) is 10.7. The molecule has 0 spiro atoms. The molecule has 0 radical (unpaired) electrons. The van der Waals surface area contributed by atoms with E-state index in [-0.39, 0.29) is 11.5 Å². The van der Waals surface area contributed by atoms with Crippen LogP contribution in [0.5, 0.6) is 0 Å². The van der Waals surface area contributed by atoms with E-state index in [1.165, 1.54) is 12.1 Å². The van der Waals surface area contributed by atoms with Crippen molar-refractivity contribution in [1.29, 1.82) is 0 Å². The molecule has 3 aromatic rings. The second-order valence-corrected chi connectivity index (χ2v) is 4.28. The number of primary amides is 1. The summed E-state index contributed by atoms with van der Waals surface area (Å²) in [6, 6.07) is 12.9. The molecule has 0 saturated carbocycles. The van der Waals surface area contributed by atoms with Gasteiger partial charge in [0.05, 0.1) is 11.0 Å². The Morgan fingerprint density at radius 1 is 0.950 bits per heavy atom. The Labute approximate surface area is 114 Å². The largest absolute Gasteiger partial charge is 0.364 e. The summed E-state index contributed by atoms with van der Waals surface area (Å²) >= 11 is 0. The van der Waals surface area contributed by atoms with Gasteiger partial charge in [-0.1, -0.05) is 12.1 Å². The summed E-state index contributed by atoms with van der Waals surface area (Å²) in [5.41, 5.74) is 7.63. The van der Waals surface area contributed by atoms with Crippen LogP contribution in [0.25, 0.3) is 22.3 Å². The molecule has 2 aromatic carbocycles. The first kappa shape index (κ1) is 12.2. The lowest BCUT2D eigenvalue weighted by Gasteiger charge is -2.07. The monoisotopic (exact) mass is 267 g/mol. The van der Waals surface area contributed by atoms with Crippen molar-refractivity contribution in [3.63, 3.8) is 0 Å². The highest BCUT2D eigenvalue weighted by Crippen LogP contribution is 2.23. The van der Waals surface area contributed by atoms with Crippen LogP contribution in [0.1, 0.15) is 10.5 Å². The number of para-hydroxylation sites is 2. The zero-order valence-electron chi connectivity index (χ0n) is 10.4. The SMILES string of the molecule is NC(=O)c1nc2ccccc2nc1-c1ccc(F)cc1. The summed E-state index contributed by atoms with van der Waals surface area (Å²) in [4.78, 5) is 20.2. The van der Waals surface area contributed by atoms with Crippen molar-refractivity contribution >= 4 is 16.9 Å². The van der Waals surface area contributed by atoms with Crippen LogP contribution in [0.3, 0.4) is 0 Å². The topological polar surface area (TPSA) is 68.9 Å². The van der Waals surface area contributed by atoms with Crippen LogP contribution in [0.4, 0.5) is 4.39 Å². The van der Waals surface area contributed by atoms with Gasteiger partial charge in [0.15, 0.2) is 5.69 Å². The molecule has 5 heteroatoms. The van der Waals surface area contributed by atoms with Crippen LogP contribution in [-0.2, 0) is 0 Å². The van der Waals surface area contributed by atoms with E-state index >= 15 is 0 Å². The fraction of sp³-hybridized carbons (Fsp3) is 0. The molecule has 3 rings (SSSR count). The first-order valence-electron chi connectivity index (χ1n) is 5.97. The predicted octanol–water partition coefficient (Wildman–Crippen LogP) is 2.53. The van der Waals surface area contributed by atoms with E-state index in [4.69, 9.17) is 5.73 Å². The number of fused-ring (bicyclic) bond motifs is 1. The zero-order chi connectivity index (χ0) is 14.1. The van der Waals surface area contributed by atoms with E-state index in [2.05, 4.69) is 9.97 Å². The maximum absolute atomic E-state index is 13.0. The van der Waals surface area contributed by atoms with Crippen molar-refractivity contribution < 1.29 is 9.18 Å². The van der Waals surface area contributed by atoms with Crippen LogP contribution < -0.4 is 5.73 Å². The fourth-order valence-corrected chi connectivity index (χ4v) is 1.98. The van der Waals surface area contributed by atoms with Gasteiger partial charge in [0.2, 0.25) is 0 Å². The number of carbonyl (C=O) groups is 1. The number of rotatable bonds is 2. The van der Waals surface area contributed by atoms with Crippen molar-refractivity contribution in [2.75, 3.05) is 0 Å². The molecule has 0 unspecified atom stereocenters. The molecule has 0 fully saturated rings. The number of carbonyl (C=O) groups excluding carboxylic acids is 1. The van der Waals surface area contributed by atoms with E-state index in [9.17, 15) is 9.18 Å². The number of benzene rings is 2. The van der Waals surface area contributed by atoms with Crippen LogP contribution in [0.2, 0.25) is 0 Å². The molecule has 0 aliphatic carbocycles. The molecule has 2 N–H and O–H groups in total. The average molecular weight is 267 g/mol. The minimum atomic E-state index is -0.664. The second kappa shape index (κ2) is 4.70. The Kier molecular flexibility index (Phi) is 2.87. The number of hydrogen-bond donors (Lipinski definition) is 1. The fourth-order valence-electron chi connectivity index (χ4n) is 1.98. The van der Waals surface area contributed by atoms with E-state index in [0.717, 1.165) is 0 Å². The van der Waals surface area contributed by atoms with Crippen LogP contribution in [0.15, 0.2) is 48.5 Å². The second-order valence-electron chi connectivity index (χ2n) is 4.28. The Morgan fingerprint density at radius 2 is 1.55 bits per heavy atom. The molecule has 20 heavy (non-hydrogen) atoms. The van der Waals surface area contributed by atoms with Crippen molar-refractivity contribution in [2.24, 2.45) is 5.73 Å². The maximum atomic E-state index is 13.0. The van der Waals surface area contributed by atoms with Gasteiger partial charge < -0.3 is 5.73 Å². The van der Waals surface area contributed by atoms with E-state index < -0.39 is 5.91 Å². The third-order valence-electron chi connectivity index (χ3n) is 2.92. The summed E-state index contributed by atoms with van der Waals surface area (Å²) in [5, 5.41) is 0. The number of amides is 1. The van der Waals surface area contributed by atoms with Gasteiger partial charge >= 0.3 is 0 Å². The van der Waals surface area contributed by atoms with E-state index in [1.807, 2.05) is 6.07 Å². The standard InChI is InChI=1S/C15H10FN3O/c16-10-7-5-9(6-8-10)13-14(15(17)20)19-12-4-2-1-3-11(12)18-13/h1-8H,(H2,17,20). The average Bonchev–Trinajstić information content (AvgIpc) is 2.46. The number of aromatic nitrogens is 2. The van der Waals surface area contributed by atoms with E-state index in [0.29, 0.717) is 22.3 Å². The lowest BCUT2D eigenvalue weighted by atomic mass is 10.1. The minimum absolute atomic E-state index is 0.0790. The highest BCUT2D eigenvalue weighted by atomic mass is 19.1. The molecule has 1 heterocycles. The van der Waals surface area contributed by atoms with Gasteiger partial charge in [0.1, 0.15) is 11.5 Å². The van der Waals surface area contributed by atoms with Gasteiger partial charge in [0, 0.05) is 5.56 Å². The maximum Gasteiger partial charge on any atom is 0.269 e. The summed E-state index contributed by atoms with van der Waals surface area (Å²) in [6.45, 7) is 0. The molecule has 4 nitrogen and oxygen atoms in total.